The second-order valence-corrected chi connectivity index (χ2v) is 11.3. The number of thiophene rings is 1. The molecule has 2 N–H and O–H groups in total. The summed E-state index contributed by atoms with van der Waals surface area (Å²) in [6.45, 7) is 5.74. The van der Waals surface area contributed by atoms with E-state index in [1.165, 1.54) is 16.9 Å². The topological polar surface area (TPSA) is 78.5 Å². The van der Waals surface area contributed by atoms with Crippen molar-refractivity contribution in [2.75, 3.05) is 19.6 Å². The minimum atomic E-state index is -3.82. The summed E-state index contributed by atoms with van der Waals surface area (Å²) in [4.78, 5) is 13.2. The summed E-state index contributed by atoms with van der Waals surface area (Å²) in [6, 6.07) is 9.80. The molecule has 8 heteroatoms. The molecule has 0 saturated carbocycles. The molecule has 2 aromatic rings. The van der Waals surface area contributed by atoms with Crippen molar-refractivity contribution in [3.05, 3.63) is 51.7 Å². The predicted octanol–water partition coefficient (Wildman–Crippen LogP) is 3.10. The van der Waals surface area contributed by atoms with Crippen molar-refractivity contribution in [1.82, 2.24) is 14.9 Å². The summed E-state index contributed by atoms with van der Waals surface area (Å²) in [5.41, 5.74) is 1.51. The van der Waals surface area contributed by atoms with Gasteiger partial charge in [0.25, 0.3) is 5.91 Å². The molecular weight excluding hydrogens is 418 g/mol. The number of nitrogens with one attached hydrogen (secondary N) is 2. The standard InChI is InChI=1S/C22H29N3O3S2/c1-22(2)18-9-4-3-7-16(18)10-13-25(22)30(27,28)19-11-14-29-20(19)21(26)24-15-17-8-5-6-12-23-17/h3-4,7,9,11,14,17,23H,5-6,8,10,12-13,15H2,1-2H3,(H,24,26)/t17-/m1/s1. The molecule has 1 saturated heterocycles. The Morgan fingerprint density at radius 1 is 1.27 bits per heavy atom. The van der Waals surface area contributed by atoms with Crippen LogP contribution >= 0.6 is 11.3 Å². The Kier molecular flexibility index (Phi) is 6.03. The highest BCUT2D eigenvalue weighted by molar-refractivity contribution is 7.89. The van der Waals surface area contributed by atoms with Crippen LogP contribution in [0.3, 0.4) is 0 Å². The van der Waals surface area contributed by atoms with Gasteiger partial charge in [-0.2, -0.15) is 4.31 Å². The van der Waals surface area contributed by atoms with Crippen LogP contribution in [0.15, 0.2) is 40.6 Å². The van der Waals surface area contributed by atoms with Gasteiger partial charge < -0.3 is 10.6 Å². The lowest BCUT2D eigenvalue weighted by Gasteiger charge is -2.42. The Morgan fingerprint density at radius 3 is 2.83 bits per heavy atom. The van der Waals surface area contributed by atoms with Gasteiger partial charge >= 0.3 is 0 Å². The molecule has 1 atom stereocenters. The van der Waals surface area contributed by atoms with Crippen molar-refractivity contribution in [2.24, 2.45) is 0 Å². The molecule has 0 aliphatic carbocycles. The molecule has 0 bridgehead atoms. The first-order valence-electron chi connectivity index (χ1n) is 10.5. The van der Waals surface area contributed by atoms with E-state index in [0.29, 0.717) is 19.5 Å². The molecule has 4 rings (SSSR count). The first-order chi connectivity index (χ1) is 14.3. The van der Waals surface area contributed by atoms with Crippen molar-refractivity contribution in [3.8, 4) is 0 Å². The van der Waals surface area contributed by atoms with Crippen LogP contribution in [0.4, 0.5) is 0 Å². The summed E-state index contributed by atoms with van der Waals surface area (Å²) in [5, 5.41) is 8.02. The zero-order valence-electron chi connectivity index (χ0n) is 17.5. The number of amides is 1. The number of hydrogen-bond donors (Lipinski definition) is 2. The highest BCUT2D eigenvalue weighted by Gasteiger charge is 2.43. The van der Waals surface area contributed by atoms with Gasteiger partial charge in [0.1, 0.15) is 9.77 Å². The van der Waals surface area contributed by atoms with Gasteiger partial charge in [-0.3, -0.25) is 4.79 Å². The lowest BCUT2D eigenvalue weighted by molar-refractivity contribution is 0.0948. The quantitative estimate of drug-likeness (QED) is 0.738. The fourth-order valence-corrected chi connectivity index (χ4v) is 7.66. The lowest BCUT2D eigenvalue weighted by Crippen LogP contribution is -2.50. The molecule has 6 nitrogen and oxygen atoms in total. The maximum Gasteiger partial charge on any atom is 0.262 e. The van der Waals surface area contributed by atoms with Crippen LogP contribution < -0.4 is 10.6 Å². The van der Waals surface area contributed by atoms with Crippen LogP contribution in [0.2, 0.25) is 0 Å². The van der Waals surface area contributed by atoms with E-state index < -0.39 is 15.6 Å². The van der Waals surface area contributed by atoms with Crippen molar-refractivity contribution in [2.45, 2.75) is 56.0 Å². The third-order valence-electron chi connectivity index (χ3n) is 6.21. The molecule has 2 aliphatic rings. The maximum atomic E-state index is 13.6. The molecular formula is C22H29N3O3S2. The number of fused-ring (bicyclic) bond motifs is 1. The average Bonchev–Trinajstić information content (AvgIpc) is 3.24. The van der Waals surface area contributed by atoms with Gasteiger partial charge in [-0.05, 0) is 62.2 Å². The average molecular weight is 448 g/mol. The summed E-state index contributed by atoms with van der Waals surface area (Å²) >= 11 is 1.18. The van der Waals surface area contributed by atoms with Gasteiger partial charge in [-0.15, -0.1) is 11.3 Å². The number of nitrogens with zero attached hydrogens (tertiary/aromatic N) is 1. The molecule has 1 aromatic carbocycles. The van der Waals surface area contributed by atoms with E-state index in [0.717, 1.165) is 31.4 Å². The van der Waals surface area contributed by atoms with Crippen LogP contribution in [-0.2, 0) is 22.0 Å². The van der Waals surface area contributed by atoms with E-state index in [1.54, 1.807) is 15.8 Å². The van der Waals surface area contributed by atoms with Gasteiger partial charge in [0.05, 0.1) is 5.54 Å². The number of sulfonamides is 1. The Hall–Kier alpha value is -1.74. The van der Waals surface area contributed by atoms with Crippen molar-refractivity contribution in [1.29, 1.82) is 0 Å². The monoisotopic (exact) mass is 447 g/mol. The fourth-order valence-electron chi connectivity index (χ4n) is 4.57. The molecule has 3 heterocycles. The fraction of sp³-hybridized carbons (Fsp3) is 0.500. The maximum absolute atomic E-state index is 13.6. The molecule has 162 valence electrons. The first kappa shape index (κ1) is 21.5. The van der Waals surface area contributed by atoms with Gasteiger partial charge in [-0.25, -0.2) is 8.42 Å². The Morgan fingerprint density at radius 2 is 2.07 bits per heavy atom. The van der Waals surface area contributed by atoms with E-state index >= 15 is 0 Å². The Balaban J connectivity index is 1.57. The summed E-state index contributed by atoms with van der Waals surface area (Å²) < 4.78 is 28.8. The highest BCUT2D eigenvalue weighted by atomic mass is 32.2. The van der Waals surface area contributed by atoms with E-state index in [-0.39, 0.29) is 21.7 Å². The number of rotatable bonds is 5. The Labute approximate surface area is 182 Å². The SMILES string of the molecule is CC1(C)c2ccccc2CCN1S(=O)(=O)c1ccsc1C(=O)NC[C@H]1CCCCN1. The van der Waals surface area contributed by atoms with Crippen LogP contribution in [0.1, 0.15) is 53.9 Å². The smallest absolute Gasteiger partial charge is 0.262 e. The van der Waals surface area contributed by atoms with Crippen molar-refractivity contribution >= 4 is 27.3 Å². The van der Waals surface area contributed by atoms with Crippen LogP contribution in [0.5, 0.6) is 0 Å². The minimum absolute atomic E-state index is 0.106. The highest BCUT2D eigenvalue weighted by Crippen LogP contribution is 2.39. The summed E-state index contributed by atoms with van der Waals surface area (Å²) in [5.74, 6) is -0.314. The third-order valence-corrected chi connectivity index (χ3v) is 9.37. The van der Waals surface area contributed by atoms with Crippen LogP contribution in [0, 0.1) is 0 Å². The summed E-state index contributed by atoms with van der Waals surface area (Å²) in [7, 11) is -3.82. The second-order valence-electron chi connectivity index (χ2n) is 8.51. The molecule has 0 unspecified atom stereocenters. The summed E-state index contributed by atoms with van der Waals surface area (Å²) in [6.07, 6.45) is 4.00. The van der Waals surface area contributed by atoms with E-state index in [9.17, 15) is 13.2 Å². The van der Waals surface area contributed by atoms with Crippen molar-refractivity contribution in [3.63, 3.8) is 0 Å². The number of piperidine rings is 1. The van der Waals surface area contributed by atoms with Gasteiger partial charge in [0.15, 0.2) is 0 Å². The molecule has 30 heavy (non-hydrogen) atoms. The van der Waals surface area contributed by atoms with E-state index in [1.807, 2.05) is 32.0 Å². The molecule has 1 fully saturated rings. The third kappa shape index (κ3) is 3.93. The first-order valence-corrected chi connectivity index (χ1v) is 12.8. The van der Waals surface area contributed by atoms with Crippen LogP contribution in [0.25, 0.3) is 0 Å². The molecule has 2 aliphatic heterocycles. The van der Waals surface area contributed by atoms with Crippen molar-refractivity contribution < 1.29 is 13.2 Å². The number of benzene rings is 1. The van der Waals surface area contributed by atoms with Crippen LogP contribution in [-0.4, -0.2) is 44.3 Å². The normalized spacial score (nSPS) is 21.7. The zero-order chi connectivity index (χ0) is 21.4. The molecule has 0 spiro atoms. The number of hydrogen-bond acceptors (Lipinski definition) is 5. The van der Waals surface area contributed by atoms with E-state index in [4.69, 9.17) is 0 Å². The molecule has 1 aromatic heterocycles. The minimum Gasteiger partial charge on any atom is -0.350 e. The zero-order valence-corrected chi connectivity index (χ0v) is 19.1. The van der Waals surface area contributed by atoms with Gasteiger partial charge in [0.2, 0.25) is 10.0 Å². The van der Waals surface area contributed by atoms with Gasteiger partial charge in [-0.1, -0.05) is 30.7 Å². The molecule has 1 amide bonds. The van der Waals surface area contributed by atoms with E-state index in [2.05, 4.69) is 16.7 Å². The van der Waals surface area contributed by atoms with Gasteiger partial charge in [0, 0.05) is 19.1 Å². The largest absolute Gasteiger partial charge is 0.350 e. The lowest BCUT2D eigenvalue weighted by atomic mass is 9.85. The second kappa shape index (κ2) is 8.42. The predicted molar refractivity (Wildman–Crippen MR) is 119 cm³/mol. The molecule has 0 radical (unpaired) electrons. The Bertz CT molecular complexity index is 1020. The number of carbonyl (C=O) groups is 1. The number of carbonyl (C=O) groups excluding carboxylic acids is 1.